The summed E-state index contributed by atoms with van der Waals surface area (Å²) in [6.45, 7) is 2.00. The summed E-state index contributed by atoms with van der Waals surface area (Å²) in [5.74, 6) is -0.836. The Kier molecular flexibility index (Phi) is 2.42. The molecule has 84 valence electrons. The van der Waals surface area contributed by atoms with E-state index in [9.17, 15) is 9.59 Å². The van der Waals surface area contributed by atoms with Gasteiger partial charge >= 0.3 is 5.97 Å². The molecule has 1 amide bonds. The van der Waals surface area contributed by atoms with Crippen LogP contribution in [0.5, 0.6) is 0 Å². The van der Waals surface area contributed by atoms with Crippen molar-refractivity contribution in [3.63, 3.8) is 0 Å². The third-order valence-electron chi connectivity index (χ3n) is 3.58. The molecule has 2 heterocycles. The zero-order valence-electron chi connectivity index (χ0n) is 8.72. The topological polar surface area (TPSA) is 83.6 Å². The second-order valence-electron chi connectivity index (χ2n) is 4.56. The van der Waals surface area contributed by atoms with Crippen molar-refractivity contribution in [1.82, 2.24) is 4.90 Å². The number of nitrogens with two attached hydrogens (primary N) is 1. The normalized spacial score (nSPS) is 40.4. The van der Waals surface area contributed by atoms with Crippen molar-refractivity contribution >= 4 is 11.9 Å². The number of carbonyl (C=O) groups is 2. The predicted octanol–water partition coefficient (Wildman–Crippen LogP) is -0.202. The number of carbonyl (C=O) groups excluding carboxylic acids is 1. The average Bonchev–Trinajstić information content (AvgIpc) is 2.50. The van der Waals surface area contributed by atoms with Crippen molar-refractivity contribution in [1.29, 1.82) is 0 Å². The lowest BCUT2D eigenvalue weighted by molar-refractivity contribution is -0.151. The Labute approximate surface area is 88.2 Å². The fourth-order valence-electron chi connectivity index (χ4n) is 2.75. The van der Waals surface area contributed by atoms with E-state index in [-0.39, 0.29) is 17.9 Å². The molecule has 0 spiro atoms. The van der Waals surface area contributed by atoms with Gasteiger partial charge in [0.2, 0.25) is 5.91 Å². The molecule has 2 saturated heterocycles. The molecular formula is C10H16N2O3. The summed E-state index contributed by atoms with van der Waals surface area (Å²) < 4.78 is 0. The number of fused-ring (bicyclic) bond motifs is 1. The lowest BCUT2D eigenvalue weighted by Gasteiger charge is -2.36. The molecule has 15 heavy (non-hydrogen) atoms. The number of nitrogens with zero attached hydrogens (tertiary/aromatic N) is 1. The summed E-state index contributed by atoms with van der Waals surface area (Å²) in [6, 6.07) is -1.09. The minimum atomic E-state index is -0.910. The SMILES string of the molecule is CC1C[C@@H](C(=O)O)N2C(=O)[C@@H](N)CCC12. The second-order valence-corrected chi connectivity index (χ2v) is 4.56. The monoisotopic (exact) mass is 212 g/mol. The molecule has 0 bridgehead atoms. The minimum Gasteiger partial charge on any atom is -0.480 e. The quantitative estimate of drug-likeness (QED) is 0.630. The summed E-state index contributed by atoms with van der Waals surface area (Å²) in [4.78, 5) is 24.3. The molecule has 5 heteroatoms. The van der Waals surface area contributed by atoms with E-state index in [1.54, 1.807) is 0 Å². The first-order valence-corrected chi connectivity index (χ1v) is 5.33. The molecule has 2 rings (SSSR count). The van der Waals surface area contributed by atoms with Gasteiger partial charge in [-0.15, -0.1) is 0 Å². The maximum atomic E-state index is 11.8. The Morgan fingerprint density at radius 2 is 2.20 bits per heavy atom. The molecule has 2 fully saturated rings. The molecule has 3 N–H and O–H groups in total. The molecule has 4 atom stereocenters. The van der Waals surface area contributed by atoms with Gasteiger partial charge in [0.05, 0.1) is 6.04 Å². The van der Waals surface area contributed by atoms with Crippen molar-refractivity contribution in [3.8, 4) is 0 Å². The summed E-state index contributed by atoms with van der Waals surface area (Å²) in [6.07, 6.45) is 2.06. The van der Waals surface area contributed by atoms with Gasteiger partial charge in [-0.3, -0.25) is 4.79 Å². The molecule has 2 unspecified atom stereocenters. The van der Waals surface area contributed by atoms with E-state index in [4.69, 9.17) is 10.8 Å². The highest BCUT2D eigenvalue weighted by molar-refractivity contribution is 5.88. The number of carboxylic acids is 1. The van der Waals surface area contributed by atoms with Gasteiger partial charge in [0.25, 0.3) is 0 Å². The van der Waals surface area contributed by atoms with Crippen LogP contribution in [-0.2, 0) is 9.59 Å². The van der Waals surface area contributed by atoms with Crippen LogP contribution in [0.4, 0.5) is 0 Å². The van der Waals surface area contributed by atoms with Crippen LogP contribution in [0.15, 0.2) is 0 Å². The van der Waals surface area contributed by atoms with Crippen LogP contribution in [0.3, 0.4) is 0 Å². The minimum absolute atomic E-state index is 0.0819. The Balaban J connectivity index is 2.26. The molecule has 2 aliphatic rings. The van der Waals surface area contributed by atoms with Crippen molar-refractivity contribution < 1.29 is 14.7 Å². The standard InChI is InChI=1S/C10H16N2O3/c1-5-4-8(10(14)15)12-7(5)3-2-6(11)9(12)13/h5-8H,2-4,11H2,1H3,(H,14,15)/t5?,6-,7?,8-/m0/s1. The molecule has 0 aromatic carbocycles. The first-order chi connectivity index (χ1) is 7.02. The van der Waals surface area contributed by atoms with Crippen LogP contribution < -0.4 is 5.73 Å². The van der Waals surface area contributed by atoms with Gasteiger partial charge in [-0.05, 0) is 25.2 Å². The summed E-state index contributed by atoms with van der Waals surface area (Å²) in [7, 11) is 0. The van der Waals surface area contributed by atoms with Crippen LogP contribution >= 0.6 is 0 Å². The molecule has 5 nitrogen and oxygen atoms in total. The van der Waals surface area contributed by atoms with Crippen LogP contribution in [0.1, 0.15) is 26.2 Å². The number of aliphatic carboxylic acids is 1. The summed E-state index contributed by atoms with van der Waals surface area (Å²) in [5, 5.41) is 9.04. The van der Waals surface area contributed by atoms with E-state index < -0.39 is 18.1 Å². The van der Waals surface area contributed by atoms with Gasteiger partial charge < -0.3 is 15.7 Å². The zero-order valence-corrected chi connectivity index (χ0v) is 8.72. The maximum absolute atomic E-state index is 11.8. The van der Waals surface area contributed by atoms with E-state index in [2.05, 4.69) is 0 Å². The Bertz CT molecular complexity index is 305. The molecular weight excluding hydrogens is 196 g/mol. The number of carboxylic acid groups (broad SMARTS) is 1. The number of hydrogen-bond acceptors (Lipinski definition) is 3. The van der Waals surface area contributed by atoms with Gasteiger partial charge in [0.1, 0.15) is 6.04 Å². The zero-order chi connectivity index (χ0) is 11.2. The van der Waals surface area contributed by atoms with Gasteiger partial charge in [-0.2, -0.15) is 0 Å². The van der Waals surface area contributed by atoms with Gasteiger partial charge in [0.15, 0.2) is 0 Å². The van der Waals surface area contributed by atoms with Crippen LogP contribution in [0.2, 0.25) is 0 Å². The average molecular weight is 212 g/mol. The first-order valence-electron chi connectivity index (χ1n) is 5.33. The lowest BCUT2D eigenvalue weighted by atomic mass is 9.93. The van der Waals surface area contributed by atoms with Crippen molar-refractivity contribution in [2.75, 3.05) is 0 Å². The number of piperidine rings is 1. The van der Waals surface area contributed by atoms with E-state index >= 15 is 0 Å². The van der Waals surface area contributed by atoms with E-state index in [0.29, 0.717) is 12.8 Å². The Hall–Kier alpha value is -1.10. The third kappa shape index (κ3) is 1.51. The lowest BCUT2D eigenvalue weighted by Crippen LogP contribution is -2.55. The van der Waals surface area contributed by atoms with Gasteiger partial charge in [-0.1, -0.05) is 6.92 Å². The Morgan fingerprint density at radius 1 is 1.53 bits per heavy atom. The maximum Gasteiger partial charge on any atom is 0.326 e. The number of rotatable bonds is 1. The molecule has 0 aliphatic carbocycles. The predicted molar refractivity (Wildman–Crippen MR) is 53.0 cm³/mol. The highest BCUT2D eigenvalue weighted by Crippen LogP contribution is 2.36. The van der Waals surface area contributed by atoms with Crippen LogP contribution in [0, 0.1) is 5.92 Å². The highest BCUT2D eigenvalue weighted by Gasteiger charge is 2.48. The third-order valence-corrected chi connectivity index (χ3v) is 3.58. The summed E-state index contributed by atoms with van der Waals surface area (Å²) >= 11 is 0. The molecule has 2 aliphatic heterocycles. The molecule has 0 aromatic heterocycles. The van der Waals surface area contributed by atoms with Crippen molar-refractivity contribution in [2.45, 2.75) is 44.3 Å². The summed E-state index contributed by atoms with van der Waals surface area (Å²) in [5.41, 5.74) is 5.66. The molecule has 0 aromatic rings. The fourth-order valence-corrected chi connectivity index (χ4v) is 2.75. The first kappa shape index (κ1) is 10.4. The number of amides is 1. The van der Waals surface area contributed by atoms with Gasteiger partial charge in [-0.25, -0.2) is 4.79 Å². The second kappa shape index (κ2) is 3.48. The van der Waals surface area contributed by atoms with Crippen molar-refractivity contribution in [3.05, 3.63) is 0 Å². The van der Waals surface area contributed by atoms with Crippen molar-refractivity contribution in [2.24, 2.45) is 11.7 Å². The van der Waals surface area contributed by atoms with Crippen LogP contribution in [0.25, 0.3) is 0 Å². The van der Waals surface area contributed by atoms with Crippen LogP contribution in [-0.4, -0.2) is 40.0 Å². The fraction of sp³-hybridized carbons (Fsp3) is 0.800. The van der Waals surface area contributed by atoms with E-state index in [1.165, 1.54) is 4.90 Å². The smallest absolute Gasteiger partial charge is 0.326 e. The van der Waals surface area contributed by atoms with E-state index in [1.807, 2.05) is 6.92 Å². The molecule has 0 saturated carbocycles. The Morgan fingerprint density at radius 3 is 2.80 bits per heavy atom. The number of hydrogen-bond donors (Lipinski definition) is 2. The largest absolute Gasteiger partial charge is 0.480 e. The molecule has 0 radical (unpaired) electrons. The van der Waals surface area contributed by atoms with E-state index in [0.717, 1.165) is 6.42 Å². The van der Waals surface area contributed by atoms with Gasteiger partial charge in [0, 0.05) is 6.04 Å². The highest BCUT2D eigenvalue weighted by atomic mass is 16.4.